The summed E-state index contributed by atoms with van der Waals surface area (Å²) in [6, 6.07) is 6.49. The van der Waals surface area contributed by atoms with Gasteiger partial charge in [-0.3, -0.25) is 5.84 Å². The van der Waals surface area contributed by atoms with Crippen molar-refractivity contribution in [2.24, 2.45) is 5.84 Å². The second-order valence-corrected chi connectivity index (χ2v) is 5.57. The Labute approximate surface area is 120 Å². The summed E-state index contributed by atoms with van der Waals surface area (Å²) in [6.07, 6.45) is 0.739. The van der Waals surface area contributed by atoms with Crippen LogP contribution < -0.4 is 11.3 Å². The van der Waals surface area contributed by atoms with E-state index in [0.717, 1.165) is 23.1 Å². The van der Waals surface area contributed by atoms with Crippen LogP contribution in [0.4, 0.5) is 4.39 Å². The van der Waals surface area contributed by atoms with Gasteiger partial charge in [-0.2, -0.15) is 11.3 Å². The van der Waals surface area contributed by atoms with Crippen molar-refractivity contribution in [1.82, 2.24) is 5.43 Å². The molecule has 2 heterocycles. The van der Waals surface area contributed by atoms with Gasteiger partial charge in [0, 0.05) is 10.9 Å². The standard InChI is InChI=1S/C15H15FN2OS/c1-9-12-7-11(16)2-3-14(12)19-15(9)13(18-17)6-10-4-5-20-8-10/h2-5,7-8,13,18H,6,17H2,1H3. The molecule has 1 atom stereocenters. The number of nitrogens with one attached hydrogen (secondary N) is 1. The van der Waals surface area contributed by atoms with Gasteiger partial charge in [0.15, 0.2) is 0 Å². The van der Waals surface area contributed by atoms with E-state index in [1.807, 2.05) is 12.3 Å². The van der Waals surface area contributed by atoms with Gasteiger partial charge in [-0.15, -0.1) is 0 Å². The number of nitrogens with two attached hydrogens (primary N) is 1. The second-order valence-electron chi connectivity index (χ2n) is 4.79. The quantitative estimate of drug-likeness (QED) is 0.569. The summed E-state index contributed by atoms with van der Waals surface area (Å²) in [5.41, 5.74) is 5.60. The smallest absolute Gasteiger partial charge is 0.134 e. The lowest BCUT2D eigenvalue weighted by atomic mass is 10.0. The van der Waals surface area contributed by atoms with E-state index in [-0.39, 0.29) is 11.9 Å². The molecule has 2 aromatic heterocycles. The van der Waals surface area contributed by atoms with Crippen LogP contribution in [0.1, 0.15) is 22.9 Å². The SMILES string of the molecule is Cc1c(C(Cc2ccsc2)NN)oc2ccc(F)cc12. The van der Waals surface area contributed by atoms with E-state index in [9.17, 15) is 4.39 Å². The van der Waals surface area contributed by atoms with Crippen molar-refractivity contribution >= 4 is 22.3 Å². The average Bonchev–Trinajstić information content (AvgIpc) is 3.05. The number of hydrogen-bond donors (Lipinski definition) is 2. The molecule has 0 aliphatic heterocycles. The molecule has 0 spiro atoms. The molecule has 0 saturated heterocycles. The van der Waals surface area contributed by atoms with Crippen LogP contribution in [0.3, 0.4) is 0 Å². The Hall–Kier alpha value is -1.69. The van der Waals surface area contributed by atoms with E-state index in [4.69, 9.17) is 10.3 Å². The van der Waals surface area contributed by atoms with Crippen molar-refractivity contribution in [3.8, 4) is 0 Å². The summed E-state index contributed by atoms with van der Waals surface area (Å²) >= 11 is 1.65. The summed E-state index contributed by atoms with van der Waals surface area (Å²) in [5.74, 6) is 6.16. The van der Waals surface area contributed by atoms with Gasteiger partial charge in [-0.25, -0.2) is 9.82 Å². The van der Waals surface area contributed by atoms with Crippen LogP contribution in [0, 0.1) is 12.7 Å². The van der Waals surface area contributed by atoms with Crippen LogP contribution in [0.2, 0.25) is 0 Å². The largest absolute Gasteiger partial charge is 0.459 e. The van der Waals surface area contributed by atoms with Gasteiger partial charge >= 0.3 is 0 Å². The van der Waals surface area contributed by atoms with Crippen molar-refractivity contribution < 1.29 is 8.81 Å². The highest BCUT2D eigenvalue weighted by molar-refractivity contribution is 7.07. The zero-order valence-corrected chi connectivity index (χ0v) is 11.8. The minimum Gasteiger partial charge on any atom is -0.459 e. The molecule has 3 N–H and O–H groups in total. The van der Waals surface area contributed by atoms with Gasteiger partial charge in [0.1, 0.15) is 17.2 Å². The van der Waals surface area contributed by atoms with Gasteiger partial charge in [-0.05, 0) is 53.9 Å². The Morgan fingerprint density at radius 2 is 2.25 bits per heavy atom. The van der Waals surface area contributed by atoms with Crippen LogP contribution >= 0.6 is 11.3 Å². The Kier molecular flexibility index (Phi) is 3.56. The highest BCUT2D eigenvalue weighted by Crippen LogP contribution is 2.31. The molecule has 104 valence electrons. The van der Waals surface area contributed by atoms with Crippen molar-refractivity contribution in [3.63, 3.8) is 0 Å². The Morgan fingerprint density at radius 1 is 1.40 bits per heavy atom. The van der Waals surface area contributed by atoms with Crippen LogP contribution in [0.25, 0.3) is 11.0 Å². The monoisotopic (exact) mass is 290 g/mol. The third-order valence-corrected chi connectivity index (χ3v) is 4.20. The van der Waals surface area contributed by atoms with Crippen LogP contribution in [-0.4, -0.2) is 0 Å². The minimum absolute atomic E-state index is 0.125. The number of aryl methyl sites for hydroxylation is 1. The lowest BCUT2D eigenvalue weighted by Gasteiger charge is -2.13. The first-order chi connectivity index (χ1) is 9.69. The molecule has 0 amide bonds. The van der Waals surface area contributed by atoms with Crippen LogP contribution in [0.15, 0.2) is 39.4 Å². The molecule has 0 saturated carbocycles. The van der Waals surface area contributed by atoms with Crippen molar-refractivity contribution in [3.05, 3.63) is 57.7 Å². The molecule has 0 aliphatic rings. The molecule has 1 unspecified atom stereocenters. The first-order valence-electron chi connectivity index (χ1n) is 6.35. The zero-order chi connectivity index (χ0) is 14.1. The summed E-state index contributed by atoms with van der Waals surface area (Å²) in [4.78, 5) is 0. The maximum atomic E-state index is 13.3. The maximum absolute atomic E-state index is 13.3. The fourth-order valence-corrected chi connectivity index (χ4v) is 3.10. The normalized spacial score (nSPS) is 12.9. The number of benzene rings is 1. The van der Waals surface area contributed by atoms with Crippen LogP contribution in [-0.2, 0) is 6.42 Å². The first kappa shape index (κ1) is 13.3. The molecule has 0 aliphatic carbocycles. The predicted molar refractivity (Wildman–Crippen MR) is 79.0 cm³/mol. The van der Waals surface area contributed by atoms with Gasteiger partial charge in [-0.1, -0.05) is 0 Å². The molecule has 5 heteroatoms. The fourth-order valence-electron chi connectivity index (χ4n) is 2.42. The Bertz CT molecular complexity index is 721. The lowest BCUT2D eigenvalue weighted by Crippen LogP contribution is -2.29. The van der Waals surface area contributed by atoms with E-state index < -0.39 is 0 Å². The molecule has 3 rings (SSSR count). The number of hydrogen-bond acceptors (Lipinski definition) is 4. The number of furan rings is 1. The molecule has 3 nitrogen and oxygen atoms in total. The van der Waals surface area contributed by atoms with Crippen LogP contribution in [0.5, 0.6) is 0 Å². The molecule has 0 bridgehead atoms. The van der Waals surface area contributed by atoms with E-state index in [1.54, 1.807) is 17.4 Å². The third-order valence-electron chi connectivity index (χ3n) is 3.47. The van der Waals surface area contributed by atoms with Crippen molar-refractivity contribution in [2.45, 2.75) is 19.4 Å². The third kappa shape index (κ3) is 2.35. The summed E-state index contributed by atoms with van der Waals surface area (Å²) in [5, 5.41) is 4.91. The van der Waals surface area contributed by atoms with Crippen molar-refractivity contribution in [1.29, 1.82) is 0 Å². The number of thiophene rings is 1. The number of rotatable bonds is 4. The van der Waals surface area contributed by atoms with Gasteiger partial charge in [0.25, 0.3) is 0 Å². The first-order valence-corrected chi connectivity index (χ1v) is 7.29. The maximum Gasteiger partial charge on any atom is 0.134 e. The molecule has 3 aromatic rings. The fraction of sp³-hybridized carbons (Fsp3) is 0.200. The van der Waals surface area contributed by atoms with E-state index in [1.165, 1.54) is 17.7 Å². The molecule has 0 radical (unpaired) electrons. The number of hydrazine groups is 1. The Balaban J connectivity index is 2.01. The second kappa shape index (κ2) is 5.36. The minimum atomic E-state index is -0.261. The highest BCUT2D eigenvalue weighted by Gasteiger charge is 2.20. The molecule has 0 fully saturated rings. The lowest BCUT2D eigenvalue weighted by molar-refractivity contribution is 0.431. The summed E-state index contributed by atoms with van der Waals surface area (Å²) in [7, 11) is 0. The predicted octanol–water partition coefficient (Wildman–Crippen LogP) is 3.69. The number of halogens is 1. The summed E-state index contributed by atoms with van der Waals surface area (Å²) < 4.78 is 19.2. The van der Waals surface area contributed by atoms with Gasteiger partial charge < -0.3 is 4.42 Å². The molecular formula is C15H15FN2OS. The van der Waals surface area contributed by atoms with E-state index in [2.05, 4.69) is 16.9 Å². The average molecular weight is 290 g/mol. The Morgan fingerprint density at radius 3 is 2.95 bits per heavy atom. The van der Waals surface area contributed by atoms with Crippen molar-refractivity contribution in [2.75, 3.05) is 0 Å². The topological polar surface area (TPSA) is 51.2 Å². The van der Waals surface area contributed by atoms with E-state index >= 15 is 0 Å². The molecular weight excluding hydrogens is 275 g/mol. The number of fused-ring (bicyclic) bond motifs is 1. The summed E-state index contributed by atoms with van der Waals surface area (Å²) in [6.45, 7) is 1.93. The molecule has 1 aromatic carbocycles. The van der Waals surface area contributed by atoms with Gasteiger partial charge in [0.05, 0.1) is 6.04 Å². The van der Waals surface area contributed by atoms with E-state index in [0.29, 0.717) is 5.58 Å². The zero-order valence-electron chi connectivity index (χ0n) is 11.0. The molecule has 20 heavy (non-hydrogen) atoms. The van der Waals surface area contributed by atoms with Gasteiger partial charge in [0.2, 0.25) is 0 Å². The highest BCUT2D eigenvalue weighted by atomic mass is 32.1.